The molecule has 0 radical (unpaired) electrons. The maximum atomic E-state index is 11.1. The quantitative estimate of drug-likeness (QED) is 0.745. The van der Waals surface area contributed by atoms with Gasteiger partial charge < -0.3 is 16.2 Å². The summed E-state index contributed by atoms with van der Waals surface area (Å²) < 4.78 is 5.55. The Bertz CT molecular complexity index is 377. The molecule has 0 aromatic heterocycles. The lowest BCUT2D eigenvalue weighted by Crippen LogP contribution is -2.15. The fourth-order valence-electron chi connectivity index (χ4n) is 1.21. The molecule has 16 heavy (non-hydrogen) atoms. The van der Waals surface area contributed by atoms with Gasteiger partial charge in [-0.05, 0) is 18.1 Å². The van der Waals surface area contributed by atoms with Gasteiger partial charge in [-0.15, -0.1) is 0 Å². The highest BCUT2D eigenvalue weighted by Crippen LogP contribution is 2.22. The van der Waals surface area contributed by atoms with Crippen molar-refractivity contribution in [1.29, 1.82) is 0 Å². The summed E-state index contributed by atoms with van der Waals surface area (Å²) in [6, 6.07) is 4.85. The molecule has 0 aliphatic heterocycles. The molecule has 0 heterocycles. The van der Waals surface area contributed by atoms with E-state index < -0.39 is 5.91 Å². The third-order valence-corrected chi connectivity index (χ3v) is 2.49. The molecule has 0 saturated heterocycles. The van der Waals surface area contributed by atoms with Crippen molar-refractivity contribution in [3.05, 3.63) is 23.8 Å². The second-order valence-corrected chi connectivity index (χ2v) is 3.94. The summed E-state index contributed by atoms with van der Waals surface area (Å²) >= 11 is 0. The molecule has 1 aromatic carbocycles. The summed E-state index contributed by atoms with van der Waals surface area (Å²) in [5, 5.41) is 0. The Kier molecular flexibility index (Phi) is 4.17. The number of anilines is 1. The lowest BCUT2D eigenvalue weighted by molar-refractivity contribution is 0.0995. The van der Waals surface area contributed by atoms with Crippen molar-refractivity contribution in [3.63, 3.8) is 0 Å². The van der Waals surface area contributed by atoms with Crippen LogP contribution in [0.15, 0.2) is 18.2 Å². The van der Waals surface area contributed by atoms with Gasteiger partial charge in [-0.3, -0.25) is 4.79 Å². The summed E-state index contributed by atoms with van der Waals surface area (Å²) in [7, 11) is 0. The molecule has 1 amide bonds. The molecule has 4 N–H and O–H groups in total. The first-order valence-corrected chi connectivity index (χ1v) is 5.36. The number of hydrogen-bond donors (Lipinski definition) is 2. The van der Waals surface area contributed by atoms with Gasteiger partial charge >= 0.3 is 0 Å². The molecule has 0 fully saturated rings. The Morgan fingerprint density at radius 1 is 1.50 bits per heavy atom. The van der Waals surface area contributed by atoms with Gasteiger partial charge in [-0.25, -0.2) is 0 Å². The van der Waals surface area contributed by atoms with E-state index in [1.807, 2.05) is 0 Å². The monoisotopic (exact) mass is 222 g/mol. The zero-order valence-electron chi connectivity index (χ0n) is 9.69. The lowest BCUT2D eigenvalue weighted by Gasteiger charge is -2.13. The number of amides is 1. The number of primary amides is 1. The molecule has 0 spiro atoms. The number of hydrogen-bond acceptors (Lipinski definition) is 3. The average molecular weight is 222 g/mol. The Morgan fingerprint density at radius 2 is 2.19 bits per heavy atom. The van der Waals surface area contributed by atoms with E-state index >= 15 is 0 Å². The minimum absolute atomic E-state index is 0.373. The average Bonchev–Trinajstić information content (AvgIpc) is 2.25. The number of benzene rings is 1. The third-order valence-electron chi connectivity index (χ3n) is 2.49. The first-order chi connectivity index (χ1) is 7.54. The number of ether oxygens (including phenoxy) is 1. The van der Waals surface area contributed by atoms with Crippen LogP contribution >= 0.6 is 0 Å². The Balaban J connectivity index is 2.84. The second kappa shape index (κ2) is 5.39. The van der Waals surface area contributed by atoms with E-state index in [1.165, 1.54) is 0 Å². The molecule has 0 bridgehead atoms. The normalized spacial score (nSPS) is 12.1. The lowest BCUT2D eigenvalue weighted by atomic mass is 10.1. The third kappa shape index (κ3) is 3.15. The van der Waals surface area contributed by atoms with Crippen LogP contribution in [0, 0.1) is 5.92 Å². The molecule has 4 nitrogen and oxygen atoms in total. The molecule has 1 atom stereocenters. The molecule has 1 rings (SSSR count). The van der Waals surface area contributed by atoms with Crippen LogP contribution < -0.4 is 16.2 Å². The second-order valence-electron chi connectivity index (χ2n) is 3.94. The fourth-order valence-corrected chi connectivity index (χ4v) is 1.21. The van der Waals surface area contributed by atoms with Crippen molar-refractivity contribution in [2.75, 3.05) is 12.3 Å². The summed E-state index contributed by atoms with van der Waals surface area (Å²) in [6.07, 6.45) is 1.02. The van der Waals surface area contributed by atoms with Crippen LogP contribution in [0.2, 0.25) is 0 Å². The van der Waals surface area contributed by atoms with Gasteiger partial charge in [0.15, 0.2) is 0 Å². The van der Waals surface area contributed by atoms with E-state index in [0.29, 0.717) is 29.5 Å². The van der Waals surface area contributed by atoms with Crippen molar-refractivity contribution in [1.82, 2.24) is 0 Å². The SMILES string of the molecule is CCC(C)COc1cc(N)ccc1C(N)=O. The number of carbonyl (C=O) groups excluding carboxylic acids is 1. The summed E-state index contributed by atoms with van der Waals surface area (Å²) in [5.74, 6) is 0.397. The number of nitrogens with two attached hydrogens (primary N) is 2. The summed E-state index contributed by atoms with van der Waals surface area (Å²) in [4.78, 5) is 11.1. The molecule has 0 aliphatic rings. The highest BCUT2D eigenvalue weighted by molar-refractivity contribution is 5.96. The van der Waals surface area contributed by atoms with E-state index in [2.05, 4.69) is 13.8 Å². The van der Waals surface area contributed by atoms with Crippen molar-refractivity contribution in [2.24, 2.45) is 11.7 Å². The minimum Gasteiger partial charge on any atom is -0.492 e. The van der Waals surface area contributed by atoms with Gasteiger partial charge in [0.2, 0.25) is 0 Å². The van der Waals surface area contributed by atoms with Crippen molar-refractivity contribution < 1.29 is 9.53 Å². The predicted molar refractivity (Wildman–Crippen MR) is 64.3 cm³/mol. The number of carbonyl (C=O) groups is 1. The highest BCUT2D eigenvalue weighted by Gasteiger charge is 2.10. The first kappa shape index (κ1) is 12.4. The van der Waals surface area contributed by atoms with Crippen molar-refractivity contribution in [2.45, 2.75) is 20.3 Å². The van der Waals surface area contributed by atoms with E-state index in [-0.39, 0.29) is 0 Å². The van der Waals surface area contributed by atoms with Crippen LogP contribution in [0.5, 0.6) is 5.75 Å². The van der Waals surface area contributed by atoms with Crippen LogP contribution in [0.4, 0.5) is 5.69 Å². The molecule has 0 aliphatic carbocycles. The standard InChI is InChI=1S/C12H18N2O2/c1-3-8(2)7-16-11-6-9(13)4-5-10(11)12(14)15/h4-6,8H,3,7,13H2,1-2H3,(H2,14,15). The van der Waals surface area contributed by atoms with E-state index in [9.17, 15) is 4.79 Å². The maximum absolute atomic E-state index is 11.1. The Hall–Kier alpha value is -1.71. The molecule has 0 saturated carbocycles. The molecular weight excluding hydrogens is 204 g/mol. The molecular formula is C12H18N2O2. The largest absolute Gasteiger partial charge is 0.492 e. The zero-order chi connectivity index (χ0) is 12.1. The Labute approximate surface area is 95.6 Å². The Morgan fingerprint density at radius 3 is 2.75 bits per heavy atom. The molecule has 1 aromatic rings. The summed E-state index contributed by atoms with van der Waals surface area (Å²) in [6.45, 7) is 4.72. The fraction of sp³-hybridized carbons (Fsp3) is 0.417. The van der Waals surface area contributed by atoms with Crippen molar-refractivity contribution >= 4 is 11.6 Å². The number of nitrogen functional groups attached to an aromatic ring is 1. The van der Waals surface area contributed by atoms with Gasteiger partial charge in [-0.2, -0.15) is 0 Å². The van der Waals surface area contributed by atoms with Crippen LogP contribution in [0.1, 0.15) is 30.6 Å². The van der Waals surface area contributed by atoms with Crippen LogP contribution in [-0.2, 0) is 0 Å². The van der Waals surface area contributed by atoms with Crippen molar-refractivity contribution in [3.8, 4) is 5.75 Å². The van der Waals surface area contributed by atoms with Gasteiger partial charge in [0.25, 0.3) is 5.91 Å². The van der Waals surface area contributed by atoms with Crippen LogP contribution in [-0.4, -0.2) is 12.5 Å². The molecule has 4 heteroatoms. The number of rotatable bonds is 5. The van der Waals surface area contributed by atoms with Crippen LogP contribution in [0.3, 0.4) is 0 Å². The minimum atomic E-state index is -0.501. The van der Waals surface area contributed by atoms with Gasteiger partial charge in [0.05, 0.1) is 12.2 Å². The topological polar surface area (TPSA) is 78.3 Å². The van der Waals surface area contributed by atoms with Gasteiger partial charge in [0.1, 0.15) is 5.75 Å². The maximum Gasteiger partial charge on any atom is 0.252 e. The van der Waals surface area contributed by atoms with E-state index in [0.717, 1.165) is 6.42 Å². The van der Waals surface area contributed by atoms with E-state index in [4.69, 9.17) is 16.2 Å². The molecule has 88 valence electrons. The van der Waals surface area contributed by atoms with Gasteiger partial charge in [0, 0.05) is 11.8 Å². The van der Waals surface area contributed by atoms with Gasteiger partial charge in [-0.1, -0.05) is 20.3 Å². The highest BCUT2D eigenvalue weighted by atomic mass is 16.5. The predicted octanol–water partition coefficient (Wildman–Crippen LogP) is 1.79. The first-order valence-electron chi connectivity index (χ1n) is 5.36. The zero-order valence-corrected chi connectivity index (χ0v) is 9.69. The summed E-state index contributed by atoms with van der Waals surface area (Å²) in [5.41, 5.74) is 11.8. The smallest absolute Gasteiger partial charge is 0.252 e. The molecule has 1 unspecified atom stereocenters. The van der Waals surface area contributed by atoms with Crippen LogP contribution in [0.25, 0.3) is 0 Å². The van der Waals surface area contributed by atoms with E-state index in [1.54, 1.807) is 18.2 Å².